The molecule has 0 spiro atoms. The van der Waals surface area contributed by atoms with Crippen LogP contribution in [0.4, 0.5) is 5.82 Å². The molecule has 3 rings (SSSR count). The molecule has 6 heteroatoms. The zero-order valence-corrected chi connectivity index (χ0v) is 12.8. The molecule has 3 aromatic heterocycles. The highest BCUT2D eigenvalue weighted by Crippen LogP contribution is 2.22. The number of anilines is 1. The zero-order chi connectivity index (χ0) is 15.9. The van der Waals surface area contributed by atoms with E-state index in [0.29, 0.717) is 19.0 Å². The molecule has 0 saturated heterocycles. The molecule has 23 heavy (non-hydrogen) atoms. The van der Waals surface area contributed by atoms with Gasteiger partial charge < -0.3 is 10.1 Å². The third kappa shape index (κ3) is 3.87. The van der Waals surface area contributed by atoms with Gasteiger partial charge in [0.2, 0.25) is 0 Å². The molecule has 3 heterocycles. The standard InChI is InChI=1S/C17H17N5O/c1-23-10-9-20-16-11-15(13-5-4-7-18-12-13)21-17(22-16)14-6-2-3-8-19-14/h2-8,11-12H,9-10H2,1H3,(H,20,21,22). The van der Waals surface area contributed by atoms with Crippen LogP contribution in [-0.2, 0) is 4.74 Å². The topological polar surface area (TPSA) is 72.8 Å². The van der Waals surface area contributed by atoms with Gasteiger partial charge in [0, 0.05) is 43.9 Å². The quantitative estimate of drug-likeness (QED) is 0.706. The number of hydrogen-bond donors (Lipinski definition) is 1. The van der Waals surface area contributed by atoms with Gasteiger partial charge in [-0.25, -0.2) is 9.97 Å². The van der Waals surface area contributed by atoms with Crippen LogP contribution in [0.25, 0.3) is 22.8 Å². The summed E-state index contributed by atoms with van der Waals surface area (Å²) in [6.07, 6.45) is 5.25. The molecule has 3 aromatic rings. The minimum Gasteiger partial charge on any atom is -0.383 e. The molecule has 0 fully saturated rings. The molecular weight excluding hydrogens is 290 g/mol. The fourth-order valence-corrected chi connectivity index (χ4v) is 2.09. The van der Waals surface area contributed by atoms with Crippen molar-refractivity contribution in [3.63, 3.8) is 0 Å². The van der Waals surface area contributed by atoms with Crippen molar-refractivity contribution in [3.8, 4) is 22.8 Å². The average Bonchev–Trinajstić information content (AvgIpc) is 2.63. The van der Waals surface area contributed by atoms with Crippen LogP contribution < -0.4 is 5.32 Å². The van der Waals surface area contributed by atoms with Gasteiger partial charge in [0.25, 0.3) is 0 Å². The van der Waals surface area contributed by atoms with Gasteiger partial charge in [0.1, 0.15) is 11.5 Å². The molecule has 1 N–H and O–H groups in total. The van der Waals surface area contributed by atoms with Gasteiger partial charge in [-0.3, -0.25) is 9.97 Å². The van der Waals surface area contributed by atoms with E-state index in [9.17, 15) is 0 Å². The second-order valence-corrected chi connectivity index (χ2v) is 4.84. The fourth-order valence-electron chi connectivity index (χ4n) is 2.09. The lowest BCUT2D eigenvalue weighted by molar-refractivity contribution is 0.210. The number of ether oxygens (including phenoxy) is 1. The Bertz CT molecular complexity index is 692. The SMILES string of the molecule is COCCNc1cc(-c2cccnc2)nc(-c2ccccn2)n1. The first kappa shape index (κ1) is 15.1. The van der Waals surface area contributed by atoms with Crippen LogP contribution in [0, 0.1) is 0 Å². The van der Waals surface area contributed by atoms with Crippen molar-refractivity contribution >= 4 is 5.82 Å². The summed E-state index contributed by atoms with van der Waals surface area (Å²) < 4.78 is 5.07. The minimum atomic E-state index is 0.576. The Morgan fingerprint density at radius 2 is 2.00 bits per heavy atom. The first-order valence-corrected chi connectivity index (χ1v) is 7.30. The highest BCUT2D eigenvalue weighted by Gasteiger charge is 2.09. The molecule has 0 aliphatic heterocycles. The monoisotopic (exact) mass is 307 g/mol. The first-order chi connectivity index (χ1) is 11.4. The Morgan fingerprint density at radius 1 is 1.04 bits per heavy atom. The minimum absolute atomic E-state index is 0.576. The molecule has 0 atom stereocenters. The number of nitrogens with zero attached hydrogens (tertiary/aromatic N) is 4. The van der Waals surface area contributed by atoms with Gasteiger partial charge in [-0.2, -0.15) is 0 Å². The largest absolute Gasteiger partial charge is 0.383 e. The smallest absolute Gasteiger partial charge is 0.180 e. The van der Waals surface area contributed by atoms with Crippen molar-refractivity contribution in [1.82, 2.24) is 19.9 Å². The van der Waals surface area contributed by atoms with Crippen molar-refractivity contribution in [2.75, 3.05) is 25.6 Å². The maximum absolute atomic E-state index is 5.07. The van der Waals surface area contributed by atoms with E-state index in [1.165, 1.54) is 0 Å². The van der Waals surface area contributed by atoms with E-state index >= 15 is 0 Å². The predicted molar refractivity (Wildman–Crippen MR) is 88.9 cm³/mol. The van der Waals surface area contributed by atoms with Gasteiger partial charge in [0.15, 0.2) is 5.82 Å². The van der Waals surface area contributed by atoms with E-state index in [0.717, 1.165) is 22.8 Å². The normalized spacial score (nSPS) is 10.5. The summed E-state index contributed by atoms with van der Waals surface area (Å²) in [5, 5.41) is 3.24. The Kier molecular flexibility index (Phi) is 4.85. The summed E-state index contributed by atoms with van der Waals surface area (Å²) in [7, 11) is 1.67. The van der Waals surface area contributed by atoms with E-state index < -0.39 is 0 Å². The summed E-state index contributed by atoms with van der Waals surface area (Å²) in [6, 6.07) is 11.4. The molecule has 0 aliphatic rings. The van der Waals surface area contributed by atoms with Crippen LogP contribution >= 0.6 is 0 Å². The molecule has 0 bridgehead atoms. The molecule has 0 saturated carbocycles. The van der Waals surface area contributed by atoms with Crippen molar-refractivity contribution < 1.29 is 4.74 Å². The third-order valence-corrected chi connectivity index (χ3v) is 3.19. The van der Waals surface area contributed by atoms with E-state index in [4.69, 9.17) is 4.74 Å². The first-order valence-electron chi connectivity index (χ1n) is 7.30. The zero-order valence-electron chi connectivity index (χ0n) is 12.8. The Labute approximate surface area is 134 Å². The van der Waals surface area contributed by atoms with Crippen LogP contribution in [0.3, 0.4) is 0 Å². The fraction of sp³-hybridized carbons (Fsp3) is 0.176. The Hall–Kier alpha value is -2.86. The lowest BCUT2D eigenvalue weighted by Gasteiger charge is -2.09. The summed E-state index contributed by atoms with van der Waals surface area (Å²) in [5.41, 5.74) is 2.46. The van der Waals surface area contributed by atoms with E-state index in [-0.39, 0.29) is 0 Å². The predicted octanol–water partition coefficient (Wildman–Crippen LogP) is 2.66. The van der Waals surface area contributed by atoms with Crippen molar-refractivity contribution in [1.29, 1.82) is 0 Å². The van der Waals surface area contributed by atoms with Crippen LogP contribution in [0.1, 0.15) is 0 Å². The summed E-state index contributed by atoms with van der Waals surface area (Å²) in [4.78, 5) is 17.6. The number of aromatic nitrogens is 4. The number of rotatable bonds is 6. The molecule has 0 unspecified atom stereocenters. The highest BCUT2D eigenvalue weighted by atomic mass is 16.5. The summed E-state index contributed by atoms with van der Waals surface area (Å²) in [6.45, 7) is 1.27. The van der Waals surface area contributed by atoms with Crippen molar-refractivity contribution in [2.45, 2.75) is 0 Å². The molecule has 6 nitrogen and oxygen atoms in total. The maximum Gasteiger partial charge on any atom is 0.180 e. The average molecular weight is 307 g/mol. The summed E-state index contributed by atoms with van der Waals surface area (Å²) in [5.74, 6) is 1.31. The molecule has 0 aliphatic carbocycles. The maximum atomic E-state index is 5.07. The Morgan fingerprint density at radius 3 is 2.74 bits per heavy atom. The van der Waals surface area contributed by atoms with E-state index in [1.807, 2.05) is 36.4 Å². The second-order valence-electron chi connectivity index (χ2n) is 4.84. The summed E-state index contributed by atoms with van der Waals surface area (Å²) >= 11 is 0. The van der Waals surface area contributed by atoms with Gasteiger partial charge in [0.05, 0.1) is 12.3 Å². The molecule has 116 valence electrons. The second kappa shape index (κ2) is 7.42. The molecule has 0 amide bonds. The molecule has 0 aromatic carbocycles. The number of pyridine rings is 2. The van der Waals surface area contributed by atoms with Gasteiger partial charge in [-0.05, 0) is 24.3 Å². The number of methoxy groups -OCH3 is 1. The molecule has 0 radical (unpaired) electrons. The van der Waals surface area contributed by atoms with Gasteiger partial charge in [-0.15, -0.1) is 0 Å². The lowest BCUT2D eigenvalue weighted by Crippen LogP contribution is -2.10. The van der Waals surface area contributed by atoms with E-state index in [1.54, 1.807) is 25.7 Å². The number of nitrogens with one attached hydrogen (secondary N) is 1. The lowest BCUT2D eigenvalue weighted by atomic mass is 10.2. The van der Waals surface area contributed by atoms with Crippen LogP contribution in [0.5, 0.6) is 0 Å². The van der Waals surface area contributed by atoms with Crippen molar-refractivity contribution in [2.24, 2.45) is 0 Å². The van der Waals surface area contributed by atoms with E-state index in [2.05, 4.69) is 25.3 Å². The van der Waals surface area contributed by atoms with Crippen LogP contribution in [-0.4, -0.2) is 40.2 Å². The number of hydrogen-bond acceptors (Lipinski definition) is 6. The molecular formula is C17H17N5O. The third-order valence-electron chi connectivity index (χ3n) is 3.19. The van der Waals surface area contributed by atoms with Crippen molar-refractivity contribution in [3.05, 3.63) is 55.0 Å². The van der Waals surface area contributed by atoms with Crippen LogP contribution in [0.15, 0.2) is 55.0 Å². The highest BCUT2D eigenvalue weighted by molar-refractivity contribution is 5.65. The van der Waals surface area contributed by atoms with Gasteiger partial charge >= 0.3 is 0 Å². The van der Waals surface area contributed by atoms with Crippen LogP contribution in [0.2, 0.25) is 0 Å². The Balaban J connectivity index is 2.00. The van der Waals surface area contributed by atoms with Gasteiger partial charge in [-0.1, -0.05) is 6.07 Å².